The van der Waals surface area contributed by atoms with Gasteiger partial charge in [0.2, 0.25) is 5.91 Å². The molecule has 1 aliphatic heterocycles. The fourth-order valence-corrected chi connectivity index (χ4v) is 4.18. The van der Waals surface area contributed by atoms with Crippen molar-refractivity contribution in [3.63, 3.8) is 0 Å². The van der Waals surface area contributed by atoms with Crippen LogP contribution in [0.2, 0.25) is 5.02 Å². The van der Waals surface area contributed by atoms with Crippen molar-refractivity contribution in [3.8, 4) is 11.1 Å². The first-order valence-electron chi connectivity index (χ1n) is 9.53. The monoisotopic (exact) mass is 390 g/mol. The van der Waals surface area contributed by atoms with Gasteiger partial charge in [0.25, 0.3) is 0 Å². The van der Waals surface area contributed by atoms with Gasteiger partial charge in [-0.3, -0.25) is 4.79 Å². The number of halogens is 1. The molecule has 1 amide bonds. The van der Waals surface area contributed by atoms with Crippen molar-refractivity contribution in [1.82, 2.24) is 0 Å². The molecule has 28 heavy (non-hydrogen) atoms. The molecule has 0 fully saturated rings. The number of carbonyl (C=O) groups excluding carboxylic acids is 1. The molecule has 0 atom stereocenters. The van der Waals surface area contributed by atoms with Crippen molar-refractivity contribution in [2.24, 2.45) is 5.73 Å². The maximum atomic E-state index is 12.4. The quantitative estimate of drug-likeness (QED) is 0.660. The van der Waals surface area contributed by atoms with E-state index in [-0.39, 0.29) is 5.91 Å². The second-order valence-corrected chi connectivity index (χ2v) is 7.66. The molecule has 0 spiro atoms. The lowest BCUT2D eigenvalue weighted by Crippen LogP contribution is -2.30. The molecular formula is C24H23ClN2O. The second kappa shape index (κ2) is 7.78. The molecule has 3 aromatic carbocycles. The summed E-state index contributed by atoms with van der Waals surface area (Å²) >= 11 is 6.22. The number of nitrogens with two attached hydrogens (primary N) is 1. The Labute approximate surface area is 170 Å². The average molecular weight is 391 g/mol. The highest BCUT2D eigenvalue weighted by Gasteiger charge is 2.21. The normalized spacial score (nSPS) is 13.3. The molecule has 0 aromatic heterocycles. The van der Waals surface area contributed by atoms with Crippen molar-refractivity contribution in [1.29, 1.82) is 0 Å². The molecule has 0 unspecified atom stereocenters. The minimum atomic E-state index is 0.0361. The summed E-state index contributed by atoms with van der Waals surface area (Å²) in [6.07, 6.45) is 1.75. The van der Waals surface area contributed by atoms with E-state index in [1.807, 2.05) is 35.2 Å². The summed E-state index contributed by atoms with van der Waals surface area (Å²) in [7, 11) is 0. The van der Waals surface area contributed by atoms with Crippen LogP contribution in [0.5, 0.6) is 0 Å². The van der Waals surface area contributed by atoms with E-state index in [9.17, 15) is 4.79 Å². The molecule has 0 radical (unpaired) electrons. The van der Waals surface area contributed by atoms with E-state index in [4.69, 9.17) is 17.3 Å². The van der Waals surface area contributed by atoms with E-state index in [0.717, 1.165) is 29.7 Å². The maximum Gasteiger partial charge on any atom is 0.224 e. The number of fused-ring (bicyclic) bond motifs is 2. The SMILES string of the molecule is CC(=O)N1Cc2ccc(-c3ccccc3CN)cc2CCc2cc(Cl)ccc21. The largest absolute Gasteiger partial charge is 0.326 e. The Morgan fingerprint density at radius 1 is 1.00 bits per heavy atom. The van der Waals surface area contributed by atoms with Crippen LogP contribution in [0.3, 0.4) is 0 Å². The molecule has 1 heterocycles. The van der Waals surface area contributed by atoms with Crippen LogP contribution in [0.4, 0.5) is 5.69 Å². The molecule has 2 N–H and O–H groups in total. The number of anilines is 1. The minimum absolute atomic E-state index is 0.0361. The van der Waals surface area contributed by atoms with Gasteiger partial charge in [0.1, 0.15) is 0 Å². The Morgan fingerprint density at radius 2 is 1.79 bits per heavy atom. The van der Waals surface area contributed by atoms with Crippen molar-refractivity contribution in [2.45, 2.75) is 32.9 Å². The smallest absolute Gasteiger partial charge is 0.224 e. The summed E-state index contributed by atoms with van der Waals surface area (Å²) in [4.78, 5) is 14.2. The van der Waals surface area contributed by atoms with Crippen molar-refractivity contribution in [3.05, 3.63) is 87.9 Å². The lowest BCUT2D eigenvalue weighted by atomic mass is 9.91. The molecule has 4 rings (SSSR count). The number of carbonyl (C=O) groups is 1. The first-order chi connectivity index (χ1) is 13.6. The molecule has 0 aliphatic carbocycles. The van der Waals surface area contributed by atoms with Crippen LogP contribution >= 0.6 is 11.6 Å². The van der Waals surface area contributed by atoms with Gasteiger partial charge in [-0.05, 0) is 64.4 Å². The molecule has 3 aromatic rings. The first kappa shape index (κ1) is 18.7. The third-order valence-electron chi connectivity index (χ3n) is 5.46. The van der Waals surface area contributed by atoms with E-state index in [1.54, 1.807) is 6.92 Å². The van der Waals surface area contributed by atoms with Gasteiger partial charge in [-0.15, -0.1) is 0 Å². The highest BCUT2D eigenvalue weighted by atomic mass is 35.5. The summed E-state index contributed by atoms with van der Waals surface area (Å²) in [5, 5.41) is 0.702. The second-order valence-electron chi connectivity index (χ2n) is 7.22. The molecule has 1 aliphatic rings. The van der Waals surface area contributed by atoms with Gasteiger partial charge in [-0.2, -0.15) is 0 Å². The van der Waals surface area contributed by atoms with Crippen molar-refractivity contribution in [2.75, 3.05) is 4.90 Å². The zero-order valence-electron chi connectivity index (χ0n) is 15.9. The van der Waals surface area contributed by atoms with Crippen molar-refractivity contribution < 1.29 is 4.79 Å². The van der Waals surface area contributed by atoms with E-state index in [0.29, 0.717) is 18.1 Å². The zero-order valence-corrected chi connectivity index (χ0v) is 16.7. The van der Waals surface area contributed by atoms with Gasteiger partial charge in [0.15, 0.2) is 0 Å². The van der Waals surface area contributed by atoms with E-state index >= 15 is 0 Å². The van der Waals surface area contributed by atoms with Crippen LogP contribution in [0, 0.1) is 0 Å². The van der Waals surface area contributed by atoms with Crippen LogP contribution in [0.1, 0.15) is 29.2 Å². The van der Waals surface area contributed by atoms with Crippen LogP contribution in [-0.2, 0) is 30.7 Å². The molecule has 0 bridgehead atoms. The Balaban J connectivity index is 1.78. The van der Waals surface area contributed by atoms with Gasteiger partial charge >= 0.3 is 0 Å². The molecule has 0 saturated carbocycles. The predicted octanol–water partition coefficient (Wildman–Crippen LogP) is 5.12. The number of benzene rings is 3. The highest BCUT2D eigenvalue weighted by Crippen LogP contribution is 2.33. The summed E-state index contributed by atoms with van der Waals surface area (Å²) in [6, 6.07) is 20.6. The van der Waals surface area contributed by atoms with Crippen molar-refractivity contribution >= 4 is 23.2 Å². The lowest BCUT2D eigenvalue weighted by Gasteiger charge is -2.28. The lowest BCUT2D eigenvalue weighted by molar-refractivity contribution is -0.116. The molecule has 142 valence electrons. The average Bonchev–Trinajstić information content (AvgIpc) is 2.69. The first-order valence-corrected chi connectivity index (χ1v) is 9.91. The number of rotatable bonds is 2. The Kier molecular flexibility index (Phi) is 5.21. The minimum Gasteiger partial charge on any atom is -0.326 e. The standard InChI is InChI=1S/C24H23ClN2O/c1-16(28)27-15-21-9-7-18(23-5-3-2-4-20(23)14-26)12-17(21)6-8-19-13-22(25)10-11-24(19)27/h2-5,7,9-13H,6,8,14-15,26H2,1H3. The fraction of sp³-hybridized carbons (Fsp3) is 0.208. The number of hydrogen-bond acceptors (Lipinski definition) is 2. The van der Waals surface area contributed by atoms with Gasteiger partial charge in [-0.25, -0.2) is 0 Å². The molecule has 0 saturated heterocycles. The zero-order chi connectivity index (χ0) is 19.7. The Bertz CT molecular complexity index is 1040. The fourth-order valence-electron chi connectivity index (χ4n) is 3.98. The van der Waals surface area contributed by atoms with Gasteiger partial charge in [0.05, 0.1) is 6.54 Å². The Hall–Kier alpha value is -2.62. The Morgan fingerprint density at radius 3 is 2.57 bits per heavy atom. The summed E-state index contributed by atoms with van der Waals surface area (Å²) in [6.45, 7) is 2.70. The van der Waals surface area contributed by atoms with E-state index in [1.165, 1.54) is 22.3 Å². The number of hydrogen-bond donors (Lipinski definition) is 1. The number of nitrogens with zero attached hydrogens (tertiary/aromatic N) is 1. The summed E-state index contributed by atoms with van der Waals surface area (Å²) in [5.41, 5.74) is 13.9. The summed E-state index contributed by atoms with van der Waals surface area (Å²) < 4.78 is 0. The number of amides is 1. The van der Waals surface area contributed by atoms with E-state index < -0.39 is 0 Å². The highest BCUT2D eigenvalue weighted by molar-refractivity contribution is 6.30. The van der Waals surface area contributed by atoms with Crippen LogP contribution in [0.25, 0.3) is 11.1 Å². The van der Waals surface area contributed by atoms with E-state index in [2.05, 4.69) is 30.3 Å². The maximum absolute atomic E-state index is 12.4. The van der Waals surface area contributed by atoms with Crippen LogP contribution in [0.15, 0.2) is 60.7 Å². The molecular weight excluding hydrogens is 368 g/mol. The third kappa shape index (κ3) is 3.56. The molecule has 4 heteroatoms. The topological polar surface area (TPSA) is 46.3 Å². The van der Waals surface area contributed by atoms with Gasteiger partial charge in [-0.1, -0.05) is 54.1 Å². The third-order valence-corrected chi connectivity index (χ3v) is 5.69. The van der Waals surface area contributed by atoms with Gasteiger partial charge in [0, 0.05) is 24.2 Å². The predicted molar refractivity (Wildman–Crippen MR) is 115 cm³/mol. The summed E-state index contributed by atoms with van der Waals surface area (Å²) in [5.74, 6) is 0.0361. The van der Waals surface area contributed by atoms with Gasteiger partial charge < -0.3 is 10.6 Å². The molecule has 3 nitrogen and oxygen atoms in total. The number of aryl methyl sites for hydroxylation is 2. The van der Waals surface area contributed by atoms with Crippen LogP contribution < -0.4 is 10.6 Å². The van der Waals surface area contributed by atoms with Crippen LogP contribution in [-0.4, -0.2) is 5.91 Å².